The van der Waals surface area contributed by atoms with Crippen LogP contribution in [0.2, 0.25) is 0 Å². The predicted molar refractivity (Wildman–Crippen MR) is 82.0 cm³/mol. The van der Waals surface area contributed by atoms with Crippen molar-refractivity contribution in [3.8, 4) is 0 Å². The first kappa shape index (κ1) is 13.2. The summed E-state index contributed by atoms with van der Waals surface area (Å²) >= 11 is 0. The first-order chi connectivity index (χ1) is 10.3. The number of hydrogen-bond acceptors (Lipinski definition) is 3. The Morgan fingerprint density at radius 3 is 2.57 bits per heavy atom. The normalized spacial score (nSPS) is 10.5. The fourth-order valence-electron chi connectivity index (χ4n) is 2.15. The van der Waals surface area contributed by atoms with Crippen LogP contribution in [0.3, 0.4) is 0 Å². The minimum Gasteiger partial charge on any atom is -0.350 e. The molecule has 1 aromatic heterocycles. The summed E-state index contributed by atoms with van der Waals surface area (Å²) in [5.41, 5.74) is 2.34. The largest absolute Gasteiger partial charge is 0.350 e. The zero-order valence-electron chi connectivity index (χ0n) is 11.5. The van der Waals surface area contributed by atoms with Gasteiger partial charge in [0.2, 0.25) is 0 Å². The van der Waals surface area contributed by atoms with Crippen LogP contribution in [0, 0.1) is 0 Å². The van der Waals surface area contributed by atoms with Crippen molar-refractivity contribution >= 4 is 16.8 Å². The van der Waals surface area contributed by atoms with Gasteiger partial charge >= 0.3 is 0 Å². The van der Waals surface area contributed by atoms with Crippen molar-refractivity contribution in [1.82, 2.24) is 15.5 Å². The molecule has 0 radical (unpaired) electrons. The number of amides is 1. The number of carbonyl (C=O) groups excluding carboxylic acids is 1. The van der Waals surface area contributed by atoms with Crippen LogP contribution in [0.5, 0.6) is 0 Å². The van der Waals surface area contributed by atoms with Crippen LogP contribution in [0.25, 0.3) is 10.9 Å². The van der Waals surface area contributed by atoms with Crippen molar-refractivity contribution in [1.29, 1.82) is 0 Å². The van der Waals surface area contributed by atoms with E-state index in [4.69, 9.17) is 0 Å². The average Bonchev–Trinajstić information content (AvgIpc) is 2.55. The van der Waals surface area contributed by atoms with Crippen molar-refractivity contribution in [2.24, 2.45) is 0 Å². The summed E-state index contributed by atoms with van der Waals surface area (Å²) in [5.74, 6) is -0.191. The topological polar surface area (TPSA) is 54.9 Å². The molecule has 0 fully saturated rings. The summed E-state index contributed by atoms with van der Waals surface area (Å²) in [4.78, 5) is 12.1. The van der Waals surface area contributed by atoms with Gasteiger partial charge in [-0.1, -0.05) is 48.5 Å². The van der Waals surface area contributed by atoms with E-state index in [0.717, 1.165) is 17.3 Å². The van der Waals surface area contributed by atoms with E-state index in [-0.39, 0.29) is 5.91 Å². The predicted octanol–water partition coefficient (Wildman–Crippen LogP) is 2.60. The molecular weight excluding hydrogens is 262 g/mol. The summed E-state index contributed by atoms with van der Waals surface area (Å²) in [7, 11) is 0. The van der Waals surface area contributed by atoms with Crippen molar-refractivity contribution < 1.29 is 4.79 Å². The Morgan fingerprint density at radius 1 is 0.952 bits per heavy atom. The SMILES string of the molecule is O=C(NCCc1ccccc1)c1cc2ccccc2nn1. The van der Waals surface area contributed by atoms with Crippen molar-refractivity contribution in [3.05, 3.63) is 71.9 Å². The molecule has 0 aliphatic heterocycles. The molecule has 0 bridgehead atoms. The van der Waals surface area contributed by atoms with E-state index in [0.29, 0.717) is 12.2 Å². The number of nitrogens with one attached hydrogen (secondary N) is 1. The van der Waals surface area contributed by atoms with Gasteiger partial charge in [0.15, 0.2) is 5.69 Å². The number of rotatable bonds is 4. The minimum atomic E-state index is -0.191. The van der Waals surface area contributed by atoms with E-state index in [1.54, 1.807) is 6.07 Å². The van der Waals surface area contributed by atoms with Gasteiger partial charge in [0, 0.05) is 11.9 Å². The van der Waals surface area contributed by atoms with E-state index in [2.05, 4.69) is 15.5 Å². The molecule has 1 heterocycles. The molecule has 1 N–H and O–H groups in total. The highest BCUT2D eigenvalue weighted by atomic mass is 16.1. The third-order valence-corrected chi connectivity index (χ3v) is 3.27. The Hall–Kier alpha value is -2.75. The molecule has 1 amide bonds. The van der Waals surface area contributed by atoms with Gasteiger partial charge in [0.1, 0.15) is 0 Å². The molecule has 0 saturated heterocycles. The summed E-state index contributed by atoms with van der Waals surface area (Å²) in [6, 6.07) is 19.4. The monoisotopic (exact) mass is 277 g/mol. The highest BCUT2D eigenvalue weighted by molar-refractivity contribution is 5.95. The van der Waals surface area contributed by atoms with E-state index in [1.165, 1.54) is 5.56 Å². The van der Waals surface area contributed by atoms with Gasteiger partial charge < -0.3 is 5.32 Å². The number of benzene rings is 2. The standard InChI is InChI=1S/C17H15N3O/c21-17(18-11-10-13-6-2-1-3-7-13)16-12-14-8-4-5-9-15(14)19-20-16/h1-9,12H,10-11H2,(H,18,21). The Kier molecular flexibility index (Phi) is 3.87. The number of nitrogens with zero attached hydrogens (tertiary/aromatic N) is 2. The molecule has 4 heteroatoms. The lowest BCUT2D eigenvalue weighted by Crippen LogP contribution is -2.26. The zero-order valence-corrected chi connectivity index (χ0v) is 11.5. The van der Waals surface area contributed by atoms with Crippen LogP contribution >= 0.6 is 0 Å². The van der Waals surface area contributed by atoms with Crippen molar-refractivity contribution in [2.45, 2.75) is 6.42 Å². The van der Waals surface area contributed by atoms with E-state index in [1.807, 2.05) is 54.6 Å². The highest BCUT2D eigenvalue weighted by Gasteiger charge is 2.08. The van der Waals surface area contributed by atoms with E-state index in [9.17, 15) is 4.79 Å². The second kappa shape index (κ2) is 6.13. The molecule has 0 atom stereocenters. The molecular formula is C17H15N3O. The number of hydrogen-bond donors (Lipinski definition) is 1. The first-order valence-corrected chi connectivity index (χ1v) is 6.87. The summed E-state index contributed by atoms with van der Waals surface area (Å²) in [6.07, 6.45) is 0.799. The fraction of sp³-hybridized carbons (Fsp3) is 0.118. The van der Waals surface area contributed by atoms with Gasteiger partial charge in [-0.3, -0.25) is 4.79 Å². The number of carbonyl (C=O) groups is 1. The fourth-order valence-corrected chi connectivity index (χ4v) is 2.15. The van der Waals surface area contributed by atoms with Gasteiger partial charge in [-0.2, -0.15) is 0 Å². The second-order valence-corrected chi connectivity index (χ2v) is 4.78. The first-order valence-electron chi connectivity index (χ1n) is 6.87. The van der Waals surface area contributed by atoms with E-state index < -0.39 is 0 Å². The van der Waals surface area contributed by atoms with Crippen LogP contribution in [0.4, 0.5) is 0 Å². The summed E-state index contributed by atoms with van der Waals surface area (Å²) in [5, 5.41) is 11.8. The van der Waals surface area contributed by atoms with Gasteiger partial charge in [0.25, 0.3) is 5.91 Å². The van der Waals surface area contributed by atoms with Crippen LogP contribution in [0.15, 0.2) is 60.7 Å². The molecule has 0 aliphatic rings. The molecule has 2 aromatic carbocycles. The van der Waals surface area contributed by atoms with Crippen LogP contribution < -0.4 is 5.32 Å². The smallest absolute Gasteiger partial charge is 0.271 e. The molecule has 0 spiro atoms. The molecule has 3 aromatic rings. The number of fused-ring (bicyclic) bond motifs is 1. The maximum atomic E-state index is 12.1. The van der Waals surface area contributed by atoms with Gasteiger partial charge in [-0.05, 0) is 24.1 Å². The minimum absolute atomic E-state index is 0.191. The van der Waals surface area contributed by atoms with Crippen LogP contribution in [-0.4, -0.2) is 22.6 Å². The molecule has 104 valence electrons. The maximum Gasteiger partial charge on any atom is 0.271 e. The van der Waals surface area contributed by atoms with Gasteiger partial charge in [-0.15, -0.1) is 10.2 Å². The zero-order chi connectivity index (χ0) is 14.5. The van der Waals surface area contributed by atoms with Crippen LogP contribution in [0.1, 0.15) is 16.1 Å². The Labute approximate surface area is 122 Å². The molecule has 4 nitrogen and oxygen atoms in total. The van der Waals surface area contributed by atoms with Gasteiger partial charge in [-0.25, -0.2) is 0 Å². The van der Waals surface area contributed by atoms with Gasteiger partial charge in [0.05, 0.1) is 5.52 Å². The molecule has 0 unspecified atom stereocenters. The molecule has 21 heavy (non-hydrogen) atoms. The second-order valence-electron chi connectivity index (χ2n) is 4.78. The lowest BCUT2D eigenvalue weighted by atomic mass is 10.1. The van der Waals surface area contributed by atoms with Crippen molar-refractivity contribution in [2.75, 3.05) is 6.54 Å². The quantitative estimate of drug-likeness (QED) is 0.797. The Morgan fingerprint density at radius 2 is 1.71 bits per heavy atom. The lowest BCUT2D eigenvalue weighted by molar-refractivity contribution is 0.0948. The molecule has 3 rings (SSSR count). The maximum absolute atomic E-state index is 12.1. The third kappa shape index (κ3) is 3.23. The average molecular weight is 277 g/mol. The highest BCUT2D eigenvalue weighted by Crippen LogP contribution is 2.10. The summed E-state index contributed by atoms with van der Waals surface area (Å²) < 4.78 is 0. The molecule has 0 saturated carbocycles. The Balaban J connectivity index is 1.64. The lowest BCUT2D eigenvalue weighted by Gasteiger charge is -2.05. The molecule has 0 aliphatic carbocycles. The van der Waals surface area contributed by atoms with Crippen LogP contribution in [-0.2, 0) is 6.42 Å². The van der Waals surface area contributed by atoms with Crippen molar-refractivity contribution in [3.63, 3.8) is 0 Å². The summed E-state index contributed by atoms with van der Waals surface area (Å²) in [6.45, 7) is 0.581. The Bertz CT molecular complexity index is 756. The number of aromatic nitrogens is 2. The third-order valence-electron chi connectivity index (χ3n) is 3.27. The van der Waals surface area contributed by atoms with E-state index >= 15 is 0 Å².